The highest BCUT2D eigenvalue weighted by atomic mass is 16.5. The Hall–Kier alpha value is -7.37. The number of fused-ring (bicyclic) bond motifs is 10. The zero-order chi connectivity index (χ0) is 45.5. The number of hydrogen-bond donors (Lipinski definition) is 0. The van der Waals surface area contributed by atoms with Crippen LogP contribution in [0.2, 0.25) is 0 Å². The molecular weight excluding hydrogens is 823 g/mol. The van der Waals surface area contributed by atoms with Gasteiger partial charge in [0.1, 0.15) is 43.3 Å². The van der Waals surface area contributed by atoms with E-state index in [0.717, 1.165) is 97.0 Å². The molecule has 1 aliphatic carbocycles. The van der Waals surface area contributed by atoms with Gasteiger partial charge in [0.2, 0.25) is 11.0 Å². The van der Waals surface area contributed by atoms with Crippen LogP contribution >= 0.6 is 0 Å². The van der Waals surface area contributed by atoms with Crippen molar-refractivity contribution < 1.29 is 23.5 Å². The summed E-state index contributed by atoms with van der Waals surface area (Å²) in [5, 5.41) is 2.41. The summed E-state index contributed by atoms with van der Waals surface area (Å²) in [7, 11) is 2.17. The number of aryl methyl sites for hydroxylation is 1. The minimum Gasteiger partial charge on any atom is -0.493 e. The normalized spacial score (nSPS) is 12.2. The molecule has 1 aromatic heterocycles. The number of para-hydroxylation sites is 5. The van der Waals surface area contributed by atoms with Crippen LogP contribution in [0.3, 0.4) is 0 Å². The van der Waals surface area contributed by atoms with Gasteiger partial charge in [-0.05, 0) is 98.3 Å². The van der Waals surface area contributed by atoms with Crippen molar-refractivity contribution >= 4 is 21.8 Å². The van der Waals surface area contributed by atoms with Gasteiger partial charge in [0.25, 0.3) is 0 Å². The Bertz CT molecular complexity index is 3020. The summed E-state index contributed by atoms with van der Waals surface area (Å²) in [6.07, 6.45) is 4.28. The van der Waals surface area contributed by atoms with Crippen molar-refractivity contribution in [1.82, 2.24) is 0 Å². The Morgan fingerprint density at radius 1 is 0.373 bits per heavy atom. The average molecular weight is 881 g/mol. The first-order chi connectivity index (χ1) is 33.1. The highest BCUT2D eigenvalue weighted by molar-refractivity contribution is 6.07. The monoisotopic (exact) mass is 880 g/mol. The van der Waals surface area contributed by atoms with E-state index in [1.54, 1.807) is 0 Å². The molecule has 0 N–H and O–H groups in total. The first-order valence-electron chi connectivity index (χ1n) is 23.9. The quantitative estimate of drug-likeness (QED) is 0.0854. The minimum absolute atomic E-state index is 0.437. The van der Waals surface area contributed by atoms with Crippen molar-refractivity contribution in [1.29, 1.82) is 0 Å². The maximum atomic E-state index is 7.18. The summed E-state index contributed by atoms with van der Waals surface area (Å²) < 4.78 is 30.2. The summed E-state index contributed by atoms with van der Waals surface area (Å²) >= 11 is 0. The lowest BCUT2D eigenvalue weighted by Gasteiger charge is -2.24. The van der Waals surface area contributed by atoms with E-state index in [2.05, 4.69) is 195 Å². The van der Waals surface area contributed by atoms with E-state index in [1.807, 2.05) is 6.07 Å². The van der Waals surface area contributed by atoms with Gasteiger partial charge in [-0.15, -0.1) is 0 Å². The van der Waals surface area contributed by atoms with Crippen LogP contribution < -0.4 is 23.5 Å². The molecule has 9 aromatic rings. The molecule has 0 amide bonds. The number of hydrogen-bond acceptors (Lipinski definition) is 4. The molecular formula is C62H58NO4+. The second-order valence-electron chi connectivity index (χ2n) is 17.8. The zero-order valence-corrected chi connectivity index (χ0v) is 38.9. The number of rotatable bonds is 13. The van der Waals surface area contributed by atoms with Gasteiger partial charge >= 0.3 is 0 Å². The van der Waals surface area contributed by atoms with Crippen LogP contribution in [-0.2, 0) is 45.9 Å². The third kappa shape index (κ3) is 9.24. The molecule has 334 valence electrons. The van der Waals surface area contributed by atoms with E-state index in [9.17, 15) is 0 Å². The van der Waals surface area contributed by atoms with Crippen LogP contribution in [0.15, 0.2) is 176 Å². The number of nitrogens with zero attached hydrogens (tertiary/aromatic N) is 1. The first kappa shape index (κ1) is 43.5. The van der Waals surface area contributed by atoms with E-state index in [-0.39, 0.29) is 0 Å². The smallest absolute Gasteiger partial charge is 0.213 e. The summed E-state index contributed by atoms with van der Waals surface area (Å²) in [5.41, 5.74) is 15.9. The average Bonchev–Trinajstić information content (AvgIpc) is 3.36. The molecule has 0 spiro atoms. The molecule has 5 heteroatoms. The molecule has 1 aliphatic rings. The van der Waals surface area contributed by atoms with E-state index >= 15 is 0 Å². The zero-order valence-electron chi connectivity index (χ0n) is 38.9. The highest BCUT2D eigenvalue weighted by Gasteiger charge is 2.25. The van der Waals surface area contributed by atoms with Crippen LogP contribution in [0.25, 0.3) is 32.9 Å². The molecule has 8 aromatic carbocycles. The standard InChI is InChI=1S/C62H58NO4/c1-4-33-64-59-45-23-16-27-49(59)37-52-39-51(58-54-29-12-14-31-56(54)63(3)57-32-15-13-30-55(57)58)40-53(62(52)67-42-44-21-10-7-11-22-44)38-50-28-17-24-46(60(50)65-34-5-2)36-48-26-18-25-47(35-45)61(48)66-41-43-19-8-6-9-20-43/h6-32,39-40H,4-5,33-38,41-42H2,1-3H3/q+1. The Kier molecular flexibility index (Phi) is 13.0. The van der Waals surface area contributed by atoms with Gasteiger partial charge in [0.05, 0.1) is 24.0 Å². The molecule has 0 saturated heterocycles. The predicted octanol–water partition coefficient (Wildman–Crippen LogP) is 13.9. The number of benzene rings is 8. The fourth-order valence-corrected chi connectivity index (χ4v) is 9.88. The van der Waals surface area contributed by atoms with E-state index in [1.165, 1.54) is 27.4 Å². The van der Waals surface area contributed by atoms with Crippen LogP contribution in [0.4, 0.5) is 0 Å². The van der Waals surface area contributed by atoms with E-state index in [0.29, 0.717) is 52.1 Å². The van der Waals surface area contributed by atoms with Crippen molar-refractivity contribution in [3.05, 3.63) is 232 Å². The van der Waals surface area contributed by atoms with Crippen molar-refractivity contribution in [3.63, 3.8) is 0 Å². The lowest BCUT2D eigenvalue weighted by molar-refractivity contribution is -0.617. The highest BCUT2D eigenvalue weighted by Crippen LogP contribution is 2.43. The summed E-state index contributed by atoms with van der Waals surface area (Å²) in [6, 6.07) is 63.2. The van der Waals surface area contributed by atoms with Gasteiger partial charge in [-0.25, -0.2) is 0 Å². The van der Waals surface area contributed by atoms with Gasteiger partial charge in [-0.2, -0.15) is 4.57 Å². The summed E-state index contributed by atoms with van der Waals surface area (Å²) in [5.74, 6) is 3.68. The third-order valence-electron chi connectivity index (χ3n) is 13.0. The molecule has 67 heavy (non-hydrogen) atoms. The number of aromatic nitrogens is 1. The van der Waals surface area contributed by atoms with E-state index < -0.39 is 0 Å². The van der Waals surface area contributed by atoms with Gasteiger partial charge in [0.15, 0.2) is 0 Å². The fraction of sp³-hybridized carbons (Fsp3) is 0.210. The maximum Gasteiger partial charge on any atom is 0.213 e. The number of ether oxygens (including phenoxy) is 4. The molecule has 0 atom stereocenters. The lowest BCUT2D eigenvalue weighted by atomic mass is 9.88. The van der Waals surface area contributed by atoms with Gasteiger partial charge in [-0.1, -0.05) is 153 Å². The Labute approximate surface area is 395 Å². The molecule has 0 fully saturated rings. The summed E-state index contributed by atoms with van der Waals surface area (Å²) in [6.45, 7) is 6.47. The molecule has 0 unspecified atom stereocenters. The van der Waals surface area contributed by atoms with E-state index in [4.69, 9.17) is 18.9 Å². The van der Waals surface area contributed by atoms with Crippen LogP contribution in [0, 0.1) is 0 Å². The third-order valence-corrected chi connectivity index (χ3v) is 13.0. The topological polar surface area (TPSA) is 40.8 Å². The fourth-order valence-electron chi connectivity index (χ4n) is 9.88. The van der Waals surface area contributed by atoms with Crippen LogP contribution in [0.1, 0.15) is 82.3 Å². The minimum atomic E-state index is 0.437. The Balaban J connectivity index is 1.24. The van der Waals surface area contributed by atoms with Crippen molar-refractivity contribution in [3.8, 4) is 34.1 Å². The molecule has 10 rings (SSSR count). The van der Waals surface area contributed by atoms with Gasteiger partial charge < -0.3 is 18.9 Å². The first-order valence-corrected chi connectivity index (χ1v) is 23.9. The Morgan fingerprint density at radius 2 is 0.716 bits per heavy atom. The van der Waals surface area contributed by atoms with Crippen molar-refractivity contribution in [2.45, 2.75) is 65.6 Å². The predicted molar refractivity (Wildman–Crippen MR) is 272 cm³/mol. The summed E-state index contributed by atoms with van der Waals surface area (Å²) in [4.78, 5) is 0. The lowest BCUT2D eigenvalue weighted by Crippen LogP contribution is -2.30. The van der Waals surface area contributed by atoms with Crippen molar-refractivity contribution in [2.75, 3.05) is 13.2 Å². The Morgan fingerprint density at radius 3 is 1.12 bits per heavy atom. The molecule has 0 aliphatic heterocycles. The van der Waals surface area contributed by atoms with Gasteiger partial charge in [0, 0.05) is 43.4 Å². The number of pyridine rings is 1. The SMILES string of the molecule is CCCOc1c2cccc1Cc1cc(-c3c4ccccc4[n+](C)c4ccccc34)cc(c1OCc1ccccc1)Cc1cccc(c1OCCC)Cc1cccc(c1OCc1ccccc1)C2. The molecule has 0 radical (unpaired) electrons. The molecule has 0 saturated carbocycles. The van der Waals surface area contributed by atoms with Gasteiger partial charge in [-0.3, -0.25) is 0 Å². The second-order valence-corrected chi connectivity index (χ2v) is 17.8. The molecule has 5 nitrogen and oxygen atoms in total. The van der Waals surface area contributed by atoms with Crippen LogP contribution in [0.5, 0.6) is 23.0 Å². The van der Waals surface area contributed by atoms with Crippen molar-refractivity contribution in [2.24, 2.45) is 7.05 Å². The molecule has 1 heterocycles. The largest absolute Gasteiger partial charge is 0.493 e. The second kappa shape index (κ2) is 20.0. The van der Waals surface area contributed by atoms with Crippen LogP contribution in [-0.4, -0.2) is 13.2 Å². The maximum absolute atomic E-state index is 7.18. The molecule has 8 bridgehead atoms.